The quantitative estimate of drug-likeness (QED) is 0.796. The molecule has 8 heteroatoms. The van der Waals surface area contributed by atoms with E-state index >= 15 is 0 Å². The number of fused-ring (bicyclic) bond motifs is 1. The summed E-state index contributed by atoms with van der Waals surface area (Å²) in [5, 5.41) is 0.585. The van der Waals surface area contributed by atoms with Gasteiger partial charge in [0.05, 0.1) is 15.8 Å². The van der Waals surface area contributed by atoms with Gasteiger partial charge in [-0.3, -0.25) is 4.79 Å². The Morgan fingerprint density at radius 3 is 2.70 bits per heavy atom. The molecule has 4 nitrogen and oxygen atoms in total. The molecule has 23 heavy (non-hydrogen) atoms. The maximum Gasteiger partial charge on any atom is 0.418 e. The van der Waals surface area contributed by atoms with Gasteiger partial charge in [0, 0.05) is 33.1 Å². The van der Waals surface area contributed by atoms with Crippen LogP contribution in [0.4, 0.5) is 18.3 Å². The maximum atomic E-state index is 13.1. The number of amides is 1. The van der Waals surface area contributed by atoms with Crippen molar-refractivity contribution in [2.75, 3.05) is 31.1 Å². The van der Waals surface area contributed by atoms with E-state index in [4.69, 9.17) is 0 Å². The van der Waals surface area contributed by atoms with Crippen LogP contribution in [0.2, 0.25) is 0 Å². The summed E-state index contributed by atoms with van der Waals surface area (Å²) in [6, 6.07) is 4.13. The molecule has 0 N–H and O–H groups in total. The second-order valence-corrected chi connectivity index (χ2v) is 6.50. The molecular weight excluding hydrogens is 327 g/mol. The highest BCUT2D eigenvalue weighted by Crippen LogP contribution is 2.38. The summed E-state index contributed by atoms with van der Waals surface area (Å²) >= 11 is 1.26. The predicted molar refractivity (Wildman–Crippen MR) is 83.7 cm³/mol. The van der Waals surface area contributed by atoms with E-state index in [1.807, 2.05) is 4.90 Å². The molecule has 0 aliphatic carbocycles. The third-order valence-electron chi connectivity index (χ3n) is 3.92. The Balaban J connectivity index is 1.90. The summed E-state index contributed by atoms with van der Waals surface area (Å²) in [4.78, 5) is 19.4. The molecule has 1 aliphatic rings. The van der Waals surface area contributed by atoms with E-state index in [1.54, 1.807) is 11.0 Å². The summed E-state index contributed by atoms with van der Waals surface area (Å²) in [5.74, 6) is 0.0236. The van der Waals surface area contributed by atoms with Crippen molar-refractivity contribution in [3.05, 3.63) is 23.8 Å². The van der Waals surface area contributed by atoms with Crippen LogP contribution in [0.15, 0.2) is 18.2 Å². The summed E-state index contributed by atoms with van der Waals surface area (Å²) in [7, 11) is 0. The highest BCUT2D eigenvalue weighted by atomic mass is 32.1. The van der Waals surface area contributed by atoms with Crippen LogP contribution >= 0.6 is 11.3 Å². The molecule has 0 radical (unpaired) electrons. The SMILES string of the molecule is CC(=O)N1CCCN(c2nc3c(C(F)(F)F)cccc3s2)CC1. The van der Waals surface area contributed by atoms with Gasteiger partial charge in [-0.1, -0.05) is 17.4 Å². The minimum Gasteiger partial charge on any atom is -0.346 e. The van der Waals surface area contributed by atoms with Crippen molar-refractivity contribution in [2.45, 2.75) is 19.5 Å². The van der Waals surface area contributed by atoms with Crippen LogP contribution in [0.5, 0.6) is 0 Å². The van der Waals surface area contributed by atoms with Gasteiger partial charge in [0.2, 0.25) is 5.91 Å². The van der Waals surface area contributed by atoms with Crippen LogP contribution in [-0.4, -0.2) is 42.0 Å². The first-order chi connectivity index (χ1) is 10.9. The Kier molecular flexibility index (Phi) is 4.18. The number of rotatable bonds is 1. The van der Waals surface area contributed by atoms with Gasteiger partial charge in [-0.2, -0.15) is 13.2 Å². The van der Waals surface area contributed by atoms with Crippen molar-refractivity contribution in [3.8, 4) is 0 Å². The zero-order chi connectivity index (χ0) is 16.6. The minimum absolute atomic E-state index is 0.00710. The van der Waals surface area contributed by atoms with Crippen LogP contribution in [0.1, 0.15) is 18.9 Å². The number of anilines is 1. The molecule has 1 fully saturated rings. The molecule has 1 amide bonds. The molecule has 1 aliphatic heterocycles. The molecule has 1 aromatic carbocycles. The molecule has 0 bridgehead atoms. The Hall–Kier alpha value is -1.83. The van der Waals surface area contributed by atoms with E-state index in [0.717, 1.165) is 12.5 Å². The zero-order valence-electron chi connectivity index (χ0n) is 12.6. The molecule has 3 rings (SSSR count). The third kappa shape index (κ3) is 3.26. The van der Waals surface area contributed by atoms with Crippen molar-refractivity contribution in [1.82, 2.24) is 9.88 Å². The van der Waals surface area contributed by atoms with Crippen molar-refractivity contribution in [2.24, 2.45) is 0 Å². The van der Waals surface area contributed by atoms with Crippen LogP contribution in [0.3, 0.4) is 0 Å². The molecule has 124 valence electrons. The van der Waals surface area contributed by atoms with E-state index in [1.165, 1.54) is 24.3 Å². The number of para-hydroxylation sites is 1. The number of hydrogen-bond donors (Lipinski definition) is 0. The molecule has 0 atom stereocenters. The van der Waals surface area contributed by atoms with E-state index in [0.29, 0.717) is 36.0 Å². The minimum atomic E-state index is -4.41. The fraction of sp³-hybridized carbons (Fsp3) is 0.467. The van der Waals surface area contributed by atoms with E-state index in [9.17, 15) is 18.0 Å². The van der Waals surface area contributed by atoms with Crippen LogP contribution in [-0.2, 0) is 11.0 Å². The number of nitrogens with zero attached hydrogens (tertiary/aromatic N) is 3. The summed E-state index contributed by atoms with van der Waals surface area (Å²) < 4.78 is 39.8. The van der Waals surface area contributed by atoms with Crippen LogP contribution in [0, 0.1) is 0 Å². The van der Waals surface area contributed by atoms with Crippen molar-refractivity contribution in [1.29, 1.82) is 0 Å². The summed E-state index contributed by atoms with van der Waals surface area (Å²) in [5.41, 5.74) is -0.689. The van der Waals surface area contributed by atoms with Gasteiger partial charge in [0.1, 0.15) is 0 Å². The number of thiazole rings is 1. The molecule has 1 aromatic heterocycles. The topological polar surface area (TPSA) is 36.4 Å². The van der Waals surface area contributed by atoms with E-state index < -0.39 is 11.7 Å². The number of carbonyl (C=O) groups is 1. The molecule has 1 saturated heterocycles. The highest BCUT2D eigenvalue weighted by molar-refractivity contribution is 7.22. The second kappa shape index (κ2) is 5.99. The molecular formula is C15H16F3N3OS. The molecule has 0 saturated carbocycles. The zero-order valence-corrected chi connectivity index (χ0v) is 13.4. The van der Waals surface area contributed by atoms with Crippen LogP contribution in [0.25, 0.3) is 10.2 Å². The average Bonchev–Trinajstić information content (AvgIpc) is 2.74. The summed E-state index contributed by atoms with van der Waals surface area (Å²) in [6.07, 6.45) is -3.63. The normalized spacial score (nSPS) is 16.7. The average molecular weight is 343 g/mol. The highest BCUT2D eigenvalue weighted by Gasteiger charge is 2.34. The molecule has 2 heterocycles. The van der Waals surface area contributed by atoms with Gasteiger partial charge < -0.3 is 9.80 Å². The molecule has 0 unspecified atom stereocenters. The number of alkyl halides is 3. The van der Waals surface area contributed by atoms with Crippen molar-refractivity contribution < 1.29 is 18.0 Å². The van der Waals surface area contributed by atoms with Gasteiger partial charge in [0.25, 0.3) is 0 Å². The molecule has 2 aromatic rings. The van der Waals surface area contributed by atoms with Crippen molar-refractivity contribution >= 4 is 32.6 Å². The summed E-state index contributed by atoms with van der Waals surface area (Å²) in [6.45, 7) is 4.04. The Labute approximate surface area is 135 Å². The maximum absolute atomic E-state index is 13.1. The standard InChI is InChI=1S/C15H16F3N3OS/c1-10(22)20-6-3-7-21(9-8-20)14-19-13-11(15(16,17)18)4-2-5-12(13)23-14/h2,4-5H,3,6-9H2,1H3. The lowest BCUT2D eigenvalue weighted by Gasteiger charge is -2.20. The van der Waals surface area contributed by atoms with Gasteiger partial charge in [0.15, 0.2) is 5.13 Å². The predicted octanol–water partition coefficient (Wildman–Crippen LogP) is 3.37. The van der Waals surface area contributed by atoms with Crippen molar-refractivity contribution in [3.63, 3.8) is 0 Å². The molecule has 0 spiro atoms. The number of halogens is 3. The number of carbonyl (C=O) groups excluding carboxylic acids is 1. The van der Waals surface area contributed by atoms with Gasteiger partial charge in [-0.15, -0.1) is 0 Å². The number of benzene rings is 1. The number of aromatic nitrogens is 1. The fourth-order valence-electron chi connectivity index (χ4n) is 2.72. The Bertz CT molecular complexity index is 728. The van der Waals surface area contributed by atoms with E-state index in [2.05, 4.69) is 4.98 Å². The van der Waals surface area contributed by atoms with Gasteiger partial charge in [-0.25, -0.2) is 4.98 Å². The van der Waals surface area contributed by atoms with Crippen LogP contribution < -0.4 is 4.90 Å². The monoisotopic (exact) mass is 343 g/mol. The lowest BCUT2D eigenvalue weighted by molar-refractivity contribution is -0.136. The third-order valence-corrected chi connectivity index (χ3v) is 5.01. The van der Waals surface area contributed by atoms with Gasteiger partial charge >= 0.3 is 6.18 Å². The lowest BCUT2D eigenvalue weighted by Crippen LogP contribution is -2.33. The first-order valence-electron chi connectivity index (χ1n) is 7.33. The fourth-order valence-corrected chi connectivity index (χ4v) is 3.77. The largest absolute Gasteiger partial charge is 0.418 e. The first-order valence-corrected chi connectivity index (χ1v) is 8.15. The first kappa shape index (κ1) is 16.0. The number of hydrogen-bond acceptors (Lipinski definition) is 4. The Morgan fingerprint density at radius 2 is 2.00 bits per heavy atom. The second-order valence-electron chi connectivity index (χ2n) is 5.49. The van der Waals surface area contributed by atoms with E-state index in [-0.39, 0.29) is 11.4 Å². The lowest BCUT2D eigenvalue weighted by atomic mass is 10.2. The smallest absolute Gasteiger partial charge is 0.346 e. The Morgan fingerprint density at radius 1 is 1.22 bits per heavy atom. The van der Waals surface area contributed by atoms with Gasteiger partial charge in [-0.05, 0) is 18.6 Å².